The van der Waals surface area contributed by atoms with Gasteiger partial charge in [-0.2, -0.15) is 0 Å². The van der Waals surface area contributed by atoms with Gasteiger partial charge >= 0.3 is 0 Å². The van der Waals surface area contributed by atoms with E-state index in [4.69, 9.17) is 11.6 Å². The topological polar surface area (TPSA) is 25.2 Å². The van der Waals surface area contributed by atoms with Crippen LogP contribution in [0.25, 0.3) is 0 Å². The van der Waals surface area contributed by atoms with E-state index in [1.807, 2.05) is 6.07 Å². The summed E-state index contributed by atoms with van der Waals surface area (Å²) < 4.78 is 0. The van der Waals surface area contributed by atoms with Crippen LogP contribution in [0.2, 0.25) is 5.02 Å². The lowest BCUT2D eigenvalue weighted by Gasteiger charge is -2.21. The average molecular weight is 231 g/mol. The predicted molar refractivity (Wildman–Crippen MR) is 65.5 cm³/mol. The average Bonchev–Trinajstić information content (AvgIpc) is 2.91. The summed E-state index contributed by atoms with van der Waals surface area (Å²) in [5, 5.41) is 4.15. The Morgan fingerprint density at radius 1 is 1.27 bits per heavy atom. The molecule has 0 aromatic heterocycles. The zero-order chi connectivity index (χ0) is 10.3. The molecule has 0 aliphatic carbocycles. The van der Waals surface area contributed by atoms with Gasteiger partial charge in [-0.1, -0.05) is 11.6 Å². The number of hydrogen-bond donors (Lipinski definition) is 1. The molecule has 4 heteroatoms. The quantitative estimate of drug-likeness (QED) is 0.814. The monoisotopic (exact) mass is 230 g/mol. The van der Waals surface area contributed by atoms with Crippen molar-refractivity contribution in [3.05, 3.63) is 16.7 Å². The Morgan fingerprint density at radius 3 is 2.40 bits per heavy atom. The number of nitrogens with one attached hydrogen (secondary N) is 1. The molecule has 1 aromatic carbocycles. The third kappa shape index (κ3) is 1.88. The van der Waals surface area contributed by atoms with Gasteiger partial charge in [-0.3, -0.25) is 4.70 Å². The highest BCUT2D eigenvalue weighted by atomic mass is 35.5. The lowest BCUT2D eigenvalue weighted by atomic mass is 10.2. The van der Waals surface area contributed by atoms with Crippen molar-refractivity contribution < 1.29 is 4.70 Å². The molecule has 0 saturated heterocycles. The van der Waals surface area contributed by atoms with Crippen LogP contribution in [-0.2, 0) is 0 Å². The number of anilines is 3. The Kier molecular flexibility index (Phi) is 3.45. The predicted octanol–water partition coefficient (Wildman–Crippen LogP) is 3.70. The van der Waals surface area contributed by atoms with Gasteiger partial charge in [-0.05, 0) is 32.4 Å². The molecule has 1 heterocycles. The molecule has 0 atom stereocenters. The summed E-state index contributed by atoms with van der Waals surface area (Å²) in [6, 6.07) is 2.04. The first-order valence-electron chi connectivity index (χ1n) is 5.04. The molecule has 0 fully saturated rings. The number of hydrogen-bond acceptors (Lipinski definition) is 2. The number of aryl methyl sites for hydroxylation is 1. The molecule has 0 bridgehead atoms. The minimum absolute atomic E-state index is 0. The van der Waals surface area contributed by atoms with Crippen molar-refractivity contribution in [2.75, 3.05) is 23.3 Å². The molecule has 2 rings (SSSR count). The SMILES string of the molecule is CCN(CC)c1c(Cl)cc(C)c2c1N2.F. The maximum Gasteiger partial charge on any atom is 0.0880 e. The summed E-state index contributed by atoms with van der Waals surface area (Å²) >= 11 is 6.24. The maximum absolute atomic E-state index is 6.24. The van der Waals surface area contributed by atoms with Crippen LogP contribution >= 0.6 is 11.6 Å². The van der Waals surface area contributed by atoms with Gasteiger partial charge in [0.25, 0.3) is 0 Å². The van der Waals surface area contributed by atoms with Crippen LogP contribution in [-0.4, -0.2) is 13.1 Å². The molecule has 1 N–H and O–H groups in total. The second kappa shape index (κ2) is 4.27. The van der Waals surface area contributed by atoms with Crippen molar-refractivity contribution in [2.24, 2.45) is 0 Å². The van der Waals surface area contributed by atoms with Crippen LogP contribution in [0, 0.1) is 6.92 Å². The number of rotatable bonds is 3. The molecule has 0 unspecified atom stereocenters. The van der Waals surface area contributed by atoms with Gasteiger partial charge in [0.15, 0.2) is 0 Å². The van der Waals surface area contributed by atoms with Gasteiger partial charge in [-0.15, -0.1) is 0 Å². The standard InChI is InChI=1S/C11H15ClN2.FH/c1-4-14(5-2)11-8(12)6-7(3)9-10(11)13-9;/h6,13H,4-5H2,1-3H3;1H. The fourth-order valence-electron chi connectivity index (χ4n) is 1.87. The molecule has 2 nitrogen and oxygen atoms in total. The fraction of sp³-hybridized carbons (Fsp3) is 0.455. The number of fused-ring (bicyclic) bond motifs is 1. The zero-order valence-corrected chi connectivity index (χ0v) is 9.98. The van der Waals surface area contributed by atoms with Gasteiger partial charge < -0.3 is 10.2 Å². The second-order valence-corrected chi connectivity index (χ2v) is 3.98. The Bertz CT molecular complexity index is 372. The van der Waals surface area contributed by atoms with Crippen molar-refractivity contribution in [1.82, 2.24) is 0 Å². The first-order valence-corrected chi connectivity index (χ1v) is 5.41. The molecule has 0 amide bonds. The van der Waals surface area contributed by atoms with E-state index in [1.165, 1.54) is 16.9 Å². The van der Waals surface area contributed by atoms with Gasteiger partial charge in [0.2, 0.25) is 0 Å². The molecular weight excluding hydrogens is 215 g/mol. The van der Waals surface area contributed by atoms with E-state index < -0.39 is 0 Å². The molecule has 84 valence electrons. The Hall–Kier alpha value is -0.960. The van der Waals surface area contributed by atoms with E-state index in [0.29, 0.717) is 0 Å². The summed E-state index contributed by atoms with van der Waals surface area (Å²) in [4.78, 5) is 2.28. The molecule has 0 spiro atoms. The zero-order valence-electron chi connectivity index (χ0n) is 9.22. The van der Waals surface area contributed by atoms with Crippen molar-refractivity contribution in [3.63, 3.8) is 0 Å². The third-order valence-corrected chi connectivity index (χ3v) is 3.01. The van der Waals surface area contributed by atoms with E-state index in [9.17, 15) is 0 Å². The third-order valence-electron chi connectivity index (χ3n) is 2.72. The van der Waals surface area contributed by atoms with Crippen LogP contribution in [0.5, 0.6) is 0 Å². The van der Waals surface area contributed by atoms with Crippen molar-refractivity contribution >= 4 is 28.7 Å². The van der Waals surface area contributed by atoms with Crippen molar-refractivity contribution in [1.29, 1.82) is 0 Å². The van der Waals surface area contributed by atoms with Crippen LogP contribution in [0.1, 0.15) is 19.4 Å². The largest absolute Gasteiger partial charge is 0.369 e. The van der Waals surface area contributed by atoms with Crippen LogP contribution in [0.3, 0.4) is 0 Å². The highest BCUT2D eigenvalue weighted by Crippen LogP contribution is 2.52. The van der Waals surface area contributed by atoms with E-state index in [1.54, 1.807) is 0 Å². The summed E-state index contributed by atoms with van der Waals surface area (Å²) in [5.41, 5.74) is 4.88. The smallest absolute Gasteiger partial charge is 0.0880 e. The second-order valence-electron chi connectivity index (χ2n) is 3.57. The molecule has 1 aromatic rings. The molecular formula is C11H16ClFN2. The maximum atomic E-state index is 6.24. The summed E-state index contributed by atoms with van der Waals surface area (Å²) in [5.74, 6) is 0. The summed E-state index contributed by atoms with van der Waals surface area (Å²) in [6.07, 6.45) is 0. The van der Waals surface area contributed by atoms with Crippen molar-refractivity contribution in [3.8, 4) is 0 Å². The van der Waals surface area contributed by atoms with Crippen LogP contribution in [0.15, 0.2) is 6.07 Å². The van der Waals surface area contributed by atoms with Crippen LogP contribution < -0.4 is 10.2 Å². The lowest BCUT2D eigenvalue weighted by molar-refractivity contribution is 0.870. The Balaban J connectivity index is 0.00000112. The normalized spacial score (nSPS) is 11.2. The summed E-state index contributed by atoms with van der Waals surface area (Å²) in [6.45, 7) is 8.36. The van der Waals surface area contributed by atoms with Gasteiger partial charge in [0.1, 0.15) is 0 Å². The highest BCUT2D eigenvalue weighted by Gasteiger charge is 2.27. The minimum Gasteiger partial charge on any atom is -0.369 e. The molecule has 1 aliphatic heterocycles. The molecule has 15 heavy (non-hydrogen) atoms. The Morgan fingerprint density at radius 2 is 1.87 bits per heavy atom. The van der Waals surface area contributed by atoms with Crippen LogP contribution in [0.4, 0.5) is 21.8 Å². The van der Waals surface area contributed by atoms with Gasteiger partial charge in [0, 0.05) is 13.1 Å². The van der Waals surface area contributed by atoms with Crippen molar-refractivity contribution in [2.45, 2.75) is 20.8 Å². The number of nitrogens with zero attached hydrogens (tertiary/aromatic N) is 1. The Labute approximate surface area is 94.6 Å². The first kappa shape index (κ1) is 12.1. The molecule has 0 radical (unpaired) electrons. The van der Waals surface area contributed by atoms with E-state index in [0.717, 1.165) is 23.8 Å². The van der Waals surface area contributed by atoms with Gasteiger partial charge in [-0.25, -0.2) is 0 Å². The fourth-order valence-corrected chi connectivity index (χ4v) is 2.24. The highest BCUT2D eigenvalue weighted by molar-refractivity contribution is 6.35. The molecule has 1 aliphatic rings. The number of halogens is 2. The van der Waals surface area contributed by atoms with Gasteiger partial charge in [0.05, 0.1) is 22.1 Å². The number of benzene rings is 1. The molecule has 0 saturated carbocycles. The van der Waals surface area contributed by atoms with E-state index in [2.05, 4.69) is 31.0 Å². The first-order chi connectivity index (χ1) is 6.69. The lowest BCUT2D eigenvalue weighted by Crippen LogP contribution is -2.21. The van der Waals surface area contributed by atoms with E-state index in [-0.39, 0.29) is 4.70 Å². The van der Waals surface area contributed by atoms with E-state index >= 15 is 0 Å². The summed E-state index contributed by atoms with van der Waals surface area (Å²) in [7, 11) is 0. The minimum atomic E-state index is 0.